The first-order valence-electron chi connectivity index (χ1n) is 11.0. The zero-order valence-electron chi connectivity index (χ0n) is 19.6. The molecule has 0 saturated heterocycles. The minimum absolute atomic E-state index is 0.199. The van der Waals surface area contributed by atoms with Crippen molar-refractivity contribution >= 4 is 29.5 Å². The molecule has 2 aromatic carbocycles. The van der Waals surface area contributed by atoms with Crippen LogP contribution < -0.4 is 15.2 Å². The number of benzene rings is 2. The Morgan fingerprint density at radius 1 is 1.19 bits per heavy atom. The molecule has 1 aliphatic rings. The van der Waals surface area contributed by atoms with Gasteiger partial charge in [-0.15, -0.1) is 17.5 Å². The molecule has 170 valence electrons. The van der Waals surface area contributed by atoms with Crippen LogP contribution in [0.3, 0.4) is 0 Å². The van der Waals surface area contributed by atoms with Crippen molar-refractivity contribution in [2.45, 2.75) is 57.3 Å². The zero-order chi connectivity index (χ0) is 23.3. The predicted molar refractivity (Wildman–Crippen MR) is 131 cm³/mol. The summed E-state index contributed by atoms with van der Waals surface area (Å²) in [6.45, 7) is 9.10. The highest BCUT2D eigenvalue weighted by molar-refractivity contribution is 8.00. The minimum Gasteiger partial charge on any atom is -0.507 e. The van der Waals surface area contributed by atoms with Crippen molar-refractivity contribution < 1.29 is 19.4 Å². The lowest BCUT2D eigenvalue weighted by atomic mass is 9.84. The van der Waals surface area contributed by atoms with E-state index in [-0.39, 0.29) is 17.1 Å². The number of ether oxygens (including phenoxy) is 2. The van der Waals surface area contributed by atoms with Crippen molar-refractivity contribution in [3.8, 4) is 11.5 Å². The number of methoxy groups -OCH3 is 1. The molecule has 0 unspecified atom stereocenters. The first-order valence-corrected chi connectivity index (χ1v) is 12.0. The van der Waals surface area contributed by atoms with Gasteiger partial charge in [0.05, 0.1) is 19.5 Å². The number of unbranched alkanes of at least 4 members (excludes halogenated alkanes) is 1. The van der Waals surface area contributed by atoms with Gasteiger partial charge in [0.1, 0.15) is 11.5 Å². The molecule has 0 aliphatic heterocycles. The van der Waals surface area contributed by atoms with E-state index >= 15 is 0 Å². The molecule has 0 spiro atoms. The van der Waals surface area contributed by atoms with E-state index in [0.717, 1.165) is 50.6 Å². The molecule has 1 aliphatic carbocycles. The molecular weight excluding hydrogens is 420 g/mol. The summed E-state index contributed by atoms with van der Waals surface area (Å²) in [4.78, 5) is 12.4. The van der Waals surface area contributed by atoms with E-state index in [0.29, 0.717) is 18.8 Å². The quantitative estimate of drug-likeness (QED) is 0.345. The molecule has 0 bridgehead atoms. The number of fused-ring (bicyclic) bond motifs is 1. The molecule has 2 aromatic rings. The molecule has 0 radical (unpaired) electrons. The van der Waals surface area contributed by atoms with Crippen LogP contribution in [-0.4, -0.2) is 30.5 Å². The maximum Gasteiger partial charge on any atom is 0.315 e. The molecule has 3 rings (SSSR count). The number of phenols is 1. The molecule has 1 N–H and O–H groups in total. The first-order chi connectivity index (χ1) is 15.2. The Bertz CT molecular complexity index is 1150. The smallest absolute Gasteiger partial charge is 0.315 e. The van der Waals surface area contributed by atoms with E-state index in [1.54, 1.807) is 0 Å². The summed E-state index contributed by atoms with van der Waals surface area (Å²) in [7, 11) is 1.40. The van der Waals surface area contributed by atoms with Crippen LogP contribution in [0.25, 0.3) is 11.8 Å². The van der Waals surface area contributed by atoms with Crippen LogP contribution in [-0.2, 0) is 21.4 Å². The van der Waals surface area contributed by atoms with Gasteiger partial charge in [-0.1, -0.05) is 40.2 Å². The van der Waals surface area contributed by atoms with E-state index in [1.165, 1.54) is 18.9 Å². The van der Waals surface area contributed by atoms with Gasteiger partial charge in [-0.3, -0.25) is 4.79 Å². The lowest BCUT2D eigenvalue weighted by Crippen LogP contribution is -2.20. The predicted octanol–water partition coefficient (Wildman–Crippen LogP) is 4.48. The molecule has 5 heteroatoms. The molecule has 0 heterocycles. The number of phenolic OH excluding ortho intramolecular Hbond substituents is 1. The van der Waals surface area contributed by atoms with Crippen molar-refractivity contribution in [3.63, 3.8) is 0 Å². The van der Waals surface area contributed by atoms with Gasteiger partial charge in [0.15, 0.2) is 0 Å². The molecule has 0 atom stereocenters. The van der Waals surface area contributed by atoms with Crippen LogP contribution in [0.4, 0.5) is 0 Å². The van der Waals surface area contributed by atoms with Crippen LogP contribution >= 0.6 is 11.8 Å². The van der Waals surface area contributed by atoms with Crippen LogP contribution in [0.1, 0.15) is 51.7 Å². The van der Waals surface area contributed by atoms with Crippen molar-refractivity contribution in [2.24, 2.45) is 0 Å². The Balaban J connectivity index is 1.90. The van der Waals surface area contributed by atoms with Gasteiger partial charge in [-0.2, -0.15) is 0 Å². The number of allylic oxidation sites excluding steroid dienone is 1. The van der Waals surface area contributed by atoms with Gasteiger partial charge < -0.3 is 14.6 Å². The Morgan fingerprint density at radius 3 is 2.66 bits per heavy atom. The Kier molecular flexibility index (Phi) is 7.76. The number of esters is 1. The van der Waals surface area contributed by atoms with E-state index in [1.807, 2.05) is 30.3 Å². The van der Waals surface area contributed by atoms with Gasteiger partial charge in [0.2, 0.25) is 0 Å². The second kappa shape index (κ2) is 10.3. The lowest BCUT2D eigenvalue weighted by molar-refractivity contribution is -0.137. The fraction of sp³-hybridized carbons (Fsp3) is 0.407. The number of carbonyl (C=O) groups is 1. The highest BCUT2D eigenvalue weighted by atomic mass is 32.2. The van der Waals surface area contributed by atoms with Crippen LogP contribution in [0.15, 0.2) is 40.8 Å². The molecule has 0 saturated carbocycles. The summed E-state index contributed by atoms with van der Waals surface area (Å²) < 4.78 is 10.7. The summed E-state index contributed by atoms with van der Waals surface area (Å²) in [6, 6.07) is 10.00. The molecule has 0 aromatic heterocycles. The summed E-state index contributed by atoms with van der Waals surface area (Å²) >= 11 is 1.45. The fourth-order valence-electron chi connectivity index (χ4n) is 3.55. The highest BCUT2D eigenvalue weighted by Crippen LogP contribution is 2.38. The lowest BCUT2D eigenvalue weighted by Gasteiger charge is -2.23. The monoisotopic (exact) mass is 452 g/mol. The zero-order valence-corrected chi connectivity index (χ0v) is 20.4. The second-order valence-electron chi connectivity index (χ2n) is 9.02. The summed E-state index contributed by atoms with van der Waals surface area (Å²) in [5.74, 6) is 1.17. The fourth-order valence-corrected chi connectivity index (χ4v) is 4.31. The van der Waals surface area contributed by atoms with Gasteiger partial charge in [-0.05, 0) is 53.0 Å². The standard InChI is InChI=1S/C27H32O4S/c1-6-7-10-31-22-14-21(26(29)24(16-22)27(2,3)4)13-18-11-19-8-9-23(15-20(19)12-18)32-17-25(28)30-5/h8-9,11,14-16,29H,6-7,10,13,17H2,1-5H3. The Hall–Kier alpha value is -2.62. The number of rotatable bonds is 9. The molecule has 0 fully saturated rings. The summed E-state index contributed by atoms with van der Waals surface area (Å²) in [6.07, 6.45) is 4.75. The maximum atomic E-state index is 11.4. The van der Waals surface area contributed by atoms with Crippen LogP contribution in [0, 0.1) is 0 Å². The van der Waals surface area contributed by atoms with E-state index in [4.69, 9.17) is 9.47 Å². The first kappa shape index (κ1) is 24.0. The number of hydrogen-bond donors (Lipinski definition) is 1. The largest absolute Gasteiger partial charge is 0.507 e. The molecule has 0 amide bonds. The number of hydrogen-bond acceptors (Lipinski definition) is 5. The topological polar surface area (TPSA) is 55.8 Å². The van der Waals surface area contributed by atoms with Crippen LogP contribution in [0.5, 0.6) is 11.5 Å². The number of thioether (sulfide) groups is 1. The summed E-state index contributed by atoms with van der Waals surface area (Å²) in [5, 5.41) is 13.1. The third-order valence-corrected chi connectivity index (χ3v) is 6.32. The van der Waals surface area contributed by atoms with Crippen molar-refractivity contribution in [2.75, 3.05) is 19.5 Å². The van der Waals surface area contributed by atoms with Crippen molar-refractivity contribution in [1.82, 2.24) is 0 Å². The number of carbonyl (C=O) groups excluding carboxylic acids is 1. The van der Waals surface area contributed by atoms with Crippen molar-refractivity contribution in [1.29, 1.82) is 0 Å². The Labute approximate surface area is 194 Å². The average Bonchev–Trinajstić information content (AvgIpc) is 3.14. The van der Waals surface area contributed by atoms with E-state index < -0.39 is 0 Å². The molecular formula is C27H32O4S. The molecule has 32 heavy (non-hydrogen) atoms. The van der Waals surface area contributed by atoms with E-state index in [2.05, 4.69) is 39.5 Å². The van der Waals surface area contributed by atoms with Crippen molar-refractivity contribution in [3.05, 3.63) is 57.5 Å². The third-order valence-electron chi connectivity index (χ3n) is 5.35. The Morgan fingerprint density at radius 2 is 1.97 bits per heavy atom. The normalized spacial score (nSPS) is 12.5. The van der Waals surface area contributed by atoms with Gasteiger partial charge in [-0.25, -0.2) is 0 Å². The molecule has 4 nitrogen and oxygen atoms in total. The maximum absolute atomic E-state index is 11.4. The van der Waals surface area contributed by atoms with Gasteiger partial charge in [0.25, 0.3) is 0 Å². The highest BCUT2D eigenvalue weighted by Gasteiger charge is 2.22. The summed E-state index contributed by atoms with van der Waals surface area (Å²) in [5.41, 5.74) is 6.00. The third kappa shape index (κ3) is 5.99. The van der Waals surface area contributed by atoms with Gasteiger partial charge in [0, 0.05) is 27.7 Å². The second-order valence-corrected chi connectivity index (χ2v) is 10.1. The van der Waals surface area contributed by atoms with E-state index in [9.17, 15) is 9.90 Å². The van der Waals surface area contributed by atoms with Crippen LogP contribution in [0.2, 0.25) is 0 Å². The number of aromatic hydroxyl groups is 1. The SMILES string of the molecule is CCCCOc1cc(CC2=C=c3cc(SCC(=O)OC)ccc3=C2)c(O)c(C(C)(C)C)c1. The van der Waals surface area contributed by atoms with Gasteiger partial charge >= 0.3 is 5.97 Å². The minimum atomic E-state index is -0.242. The average molecular weight is 453 g/mol.